The van der Waals surface area contributed by atoms with Crippen molar-refractivity contribution in [3.63, 3.8) is 0 Å². The van der Waals surface area contributed by atoms with Crippen molar-refractivity contribution < 1.29 is 27.6 Å². The summed E-state index contributed by atoms with van der Waals surface area (Å²) in [6.45, 7) is 1.82. The molecule has 28 heavy (non-hydrogen) atoms. The fourth-order valence-corrected chi connectivity index (χ4v) is 2.64. The minimum absolute atomic E-state index is 0.231. The first-order valence-electron chi connectivity index (χ1n) is 8.14. The number of nitrogens with zero attached hydrogens (tertiary/aromatic N) is 2. The molecule has 4 amide bonds. The number of anilines is 1. The number of nitrogens with one attached hydrogen (secondary N) is 1. The Labute approximate surface area is 157 Å². The SMILES string of the molecule is Cc1ccc(N2C(=O)NC(=O)[C@@H](C=Nc3ccccc3C(F)(F)F)C2=O)cc1. The molecular weight excluding hydrogens is 375 g/mol. The lowest BCUT2D eigenvalue weighted by Gasteiger charge is -2.28. The van der Waals surface area contributed by atoms with E-state index in [9.17, 15) is 27.6 Å². The van der Waals surface area contributed by atoms with Crippen LogP contribution in [0.4, 0.5) is 29.3 Å². The predicted molar refractivity (Wildman–Crippen MR) is 95.3 cm³/mol. The summed E-state index contributed by atoms with van der Waals surface area (Å²) >= 11 is 0. The molecule has 1 fully saturated rings. The Hall–Kier alpha value is -3.49. The molecule has 0 spiro atoms. The summed E-state index contributed by atoms with van der Waals surface area (Å²) in [5, 5.41) is 2.02. The number of benzene rings is 2. The smallest absolute Gasteiger partial charge is 0.276 e. The zero-order valence-corrected chi connectivity index (χ0v) is 14.5. The van der Waals surface area contributed by atoms with E-state index in [0.717, 1.165) is 28.8 Å². The van der Waals surface area contributed by atoms with E-state index in [1.807, 2.05) is 12.2 Å². The van der Waals surface area contributed by atoms with Gasteiger partial charge in [-0.2, -0.15) is 13.2 Å². The van der Waals surface area contributed by atoms with E-state index in [2.05, 4.69) is 4.99 Å². The number of barbiturate groups is 1. The monoisotopic (exact) mass is 389 g/mol. The second-order valence-electron chi connectivity index (χ2n) is 6.07. The van der Waals surface area contributed by atoms with E-state index in [4.69, 9.17) is 0 Å². The van der Waals surface area contributed by atoms with Gasteiger partial charge in [-0.3, -0.25) is 19.9 Å². The number of hydrogen-bond donors (Lipinski definition) is 1. The summed E-state index contributed by atoms with van der Waals surface area (Å²) in [5.74, 6) is -3.39. The lowest BCUT2D eigenvalue weighted by molar-refractivity contribution is -0.137. The fraction of sp³-hybridized carbons (Fsp3) is 0.158. The lowest BCUT2D eigenvalue weighted by Crippen LogP contribution is -2.58. The maximum atomic E-state index is 13.1. The van der Waals surface area contributed by atoms with Crippen LogP contribution < -0.4 is 10.2 Å². The second kappa shape index (κ2) is 7.26. The molecule has 1 saturated heterocycles. The van der Waals surface area contributed by atoms with Gasteiger partial charge in [0.15, 0.2) is 5.92 Å². The number of rotatable bonds is 3. The largest absolute Gasteiger partial charge is 0.418 e. The first-order valence-corrected chi connectivity index (χ1v) is 8.14. The summed E-state index contributed by atoms with van der Waals surface area (Å²) in [5.41, 5.74) is -0.308. The molecule has 1 aliphatic rings. The fourth-order valence-electron chi connectivity index (χ4n) is 2.64. The van der Waals surface area contributed by atoms with Crippen molar-refractivity contribution in [2.24, 2.45) is 10.9 Å². The summed E-state index contributed by atoms with van der Waals surface area (Å²) in [6.07, 6.45) is -3.83. The maximum absolute atomic E-state index is 13.1. The molecule has 0 aromatic heterocycles. The van der Waals surface area contributed by atoms with Gasteiger partial charge in [-0.1, -0.05) is 29.8 Å². The van der Waals surface area contributed by atoms with Gasteiger partial charge < -0.3 is 0 Å². The van der Waals surface area contributed by atoms with Crippen LogP contribution >= 0.6 is 0 Å². The van der Waals surface area contributed by atoms with Crippen LogP contribution in [0.5, 0.6) is 0 Å². The second-order valence-corrected chi connectivity index (χ2v) is 6.07. The highest BCUT2D eigenvalue weighted by Crippen LogP contribution is 2.36. The molecule has 0 bridgehead atoms. The van der Waals surface area contributed by atoms with Crippen LogP contribution in [0.3, 0.4) is 0 Å². The minimum atomic E-state index is -4.64. The average molecular weight is 389 g/mol. The third kappa shape index (κ3) is 3.78. The Balaban J connectivity index is 1.93. The number of imide groups is 2. The van der Waals surface area contributed by atoms with Crippen molar-refractivity contribution in [1.82, 2.24) is 5.32 Å². The molecule has 144 valence electrons. The average Bonchev–Trinajstić information content (AvgIpc) is 2.62. The minimum Gasteiger partial charge on any atom is -0.276 e. The van der Waals surface area contributed by atoms with Crippen LogP contribution in [0.2, 0.25) is 0 Å². The molecule has 1 aliphatic heterocycles. The van der Waals surface area contributed by atoms with Crippen LogP contribution in [0.1, 0.15) is 11.1 Å². The molecule has 6 nitrogen and oxygen atoms in total. The third-order valence-corrected chi connectivity index (χ3v) is 4.07. The first-order chi connectivity index (χ1) is 13.2. The Kier molecular flexibility index (Phi) is 5.00. The highest BCUT2D eigenvalue weighted by Gasteiger charge is 2.40. The normalized spacial score (nSPS) is 17.9. The van der Waals surface area contributed by atoms with Crippen LogP contribution in [0.15, 0.2) is 53.5 Å². The molecule has 3 rings (SSSR count). The topological polar surface area (TPSA) is 78.8 Å². The number of halogens is 3. The number of aliphatic imine (C=N–C) groups is 1. The first kappa shape index (κ1) is 19.3. The van der Waals surface area contributed by atoms with Crippen LogP contribution in [0.25, 0.3) is 0 Å². The van der Waals surface area contributed by atoms with Crippen molar-refractivity contribution in [3.05, 3.63) is 59.7 Å². The summed E-state index contributed by atoms with van der Waals surface area (Å²) in [4.78, 5) is 41.3. The van der Waals surface area contributed by atoms with Crippen molar-refractivity contribution in [2.45, 2.75) is 13.1 Å². The molecule has 2 aromatic rings. The number of carbonyl (C=O) groups is 3. The lowest BCUT2D eigenvalue weighted by atomic mass is 10.1. The Morgan fingerprint density at radius 1 is 1.04 bits per heavy atom. The Bertz CT molecular complexity index is 968. The number of amides is 4. The van der Waals surface area contributed by atoms with Gasteiger partial charge in [-0.25, -0.2) is 9.69 Å². The van der Waals surface area contributed by atoms with Gasteiger partial charge in [0.25, 0.3) is 5.91 Å². The number of para-hydroxylation sites is 1. The zero-order chi connectivity index (χ0) is 20.5. The van der Waals surface area contributed by atoms with Crippen LogP contribution in [-0.2, 0) is 15.8 Å². The molecule has 2 aromatic carbocycles. The van der Waals surface area contributed by atoms with Gasteiger partial charge in [-0.05, 0) is 31.2 Å². The molecule has 0 radical (unpaired) electrons. The van der Waals surface area contributed by atoms with Crippen LogP contribution in [-0.4, -0.2) is 24.1 Å². The van der Waals surface area contributed by atoms with Gasteiger partial charge in [0.05, 0.1) is 16.9 Å². The summed E-state index contributed by atoms with van der Waals surface area (Å²) in [7, 11) is 0. The van der Waals surface area contributed by atoms with Crippen LogP contribution in [0, 0.1) is 12.8 Å². The summed E-state index contributed by atoms with van der Waals surface area (Å²) < 4.78 is 39.2. The van der Waals surface area contributed by atoms with Crippen molar-refractivity contribution in [3.8, 4) is 0 Å². The molecule has 0 saturated carbocycles. The Morgan fingerprint density at radius 3 is 2.32 bits per heavy atom. The maximum Gasteiger partial charge on any atom is 0.418 e. The number of alkyl halides is 3. The number of hydrogen-bond acceptors (Lipinski definition) is 4. The highest BCUT2D eigenvalue weighted by molar-refractivity contribution is 6.32. The quantitative estimate of drug-likeness (QED) is 0.643. The third-order valence-electron chi connectivity index (χ3n) is 4.07. The van der Waals surface area contributed by atoms with E-state index < -0.39 is 41.2 Å². The van der Waals surface area contributed by atoms with Gasteiger partial charge in [0.2, 0.25) is 5.91 Å². The molecule has 0 unspecified atom stereocenters. The zero-order valence-electron chi connectivity index (χ0n) is 14.5. The number of aryl methyl sites for hydroxylation is 1. The van der Waals surface area contributed by atoms with Gasteiger partial charge in [-0.15, -0.1) is 0 Å². The molecule has 1 heterocycles. The van der Waals surface area contributed by atoms with Crippen molar-refractivity contribution >= 4 is 35.4 Å². The molecule has 0 aliphatic carbocycles. The standard InChI is InChI=1S/C19H14F3N3O3/c1-11-6-8-12(9-7-11)25-17(27)13(16(26)24-18(25)28)10-23-15-5-3-2-4-14(15)19(20,21)22/h2-10,13H,1H3,(H,24,26,28)/t13-/m1/s1. The van der Waals surface area contributed by atoms with E-state index in [0.29, 0.717) is 0 Å². The van der Waals surface area contributed by atoms with E-state index in [1.165, 1.54) is 24.3 Å². The van der Waals surface area contributed by atoms with Gasteiger partial charge in [0, 0.05) is 6.21 Å². The molecule has 1 atom stereocenters. The number of carbonyl (C=O) groups excluding carboxylic acids is 3. The number of urea groups is 1. The molecule has 1 N–H and O–H groups in total. The van der Waals surface area contributed by atoms with E-state index in [1.54, 1.807) is 12.1 Å². The van der Waals surface area contributed by atoms with E-state index >= 15 is 0 Å². The predicted octanol–water partition coefficient (Wildman–Crippen LogP) is 3.62. The van der Waals surface area contributed by atoms with E-state index in [-0.39, 0.29) is 5.69 Å². The Morgan fingerprint density at radius 2 is 1.68 bits per heavy atom. The van der Waals surface area contributed by atoms with Crippen molar-refractivity contribution in [2.75, 3.05) is 4.90 Å². The molecular formula is C19H14F3N3O3. The molecule has 9 heteroatoms. The highest BCUT2D eigenvalue weighted by atomic mass is 19.4. The van der Waals surface area contributed by atoms with Gasteiger partial charge in [0.1, 0.15) is 0 Å². The summed E-state index contributed by atoms with van der Waals surface area (Å²) in [6, 6.07) is 9.99. The van der Waals surface area contributed by atoms with Crippen molar-refractivity contribution in [1.29, 1.82) is 0 Å². The van der Waals surface area contributed by atoms with Gasteiger partial charge >= 0.3 is 12.2 Å².